The molecule has 1 aromatic heterocycles. The number of ether oxygens (including phenoxy) is 1. The number of carbonyl (C=O) groups is 1. The van der Waals surface area contributed by atoms with Crippen LogP contribution in [0.5, 0.6) is 0 Å². The molecule has 1 aromatic carbocycles. The van der Waals surface area contributed by atoms with Crippen molar-refractivity contribution in [2.24, 2.45) is 0 Å². The summed E-state index contributed by atoms with van der Waals surface area (Å²) in [5.74, 6) is 0.0149. The lowest BCUT2D eigenvalue weighted by Crippen LogP contribution is -2.42. The number of aryl methyl sites for hydroxylation is 1. The molecule has 3 rings (SSSR count). The fraction of sp³-hybridized carbons (Fsp3) is 0.500. The van der Waals surface area contributed by atoms with Gasteiger partial charge in [0.25, 0.3) is 0 Å². The zero-order valence-electron chi connectivity index (χ0n) is 13.3. The molecule has 1 fully saturated rings. The lowest BCUT2D eigenvalue weighted by molar-refractivity contribution is -0.116. The number of fused-ring (bicyclic) bond motifs is 1. The maximum Gasteiger partial charge on any atom is 0.225 e. The summed E-state index contributed by atoms with van der Waals surface area (Å²) in [6.45, 7) is 8.41. The Morgan fingerprint density at radius 3 is 2.87 bits per heavy atom. The van der Waals surface area contributed by atoms with E-state index in [1.165, 1.54) is 11.3 Å². The van der Waals surface area contributed by atoms with Crippen LogP contribution >= 0.6 is 22.9 Å². The predicted molar refractivity (Wildman–Crippen MR) is 94.7 cm³/mol. The van der Waals surface area contributed by atoms with Gasteiger partial charge in [-0.2, -0.15) is 0 Å². The summed E-state index contributed by atoms with van der Waals surface area (Å²) in [6.07, 6.45) is 0. The average Bonchev–Trinajstić information content (AvgIpc) is 2.92. The van der Waals surface area contributed by atoms with Crippen molar-refractivity contribution in [3.8, 4) is 0 Å². The van der Waals surface area contributed by atoms with Crippen LogP contribution in [0.1, 0.15) is 12.5 Å². The molecule has 1 aliphatic rings. The van der Waals surface area contributed by atoms with Crippen LogP contribution < -0.4 is 4.90 Å². The zero-order chi connectivity index (χ0) is 16.4. The molecule has 2 aromatic rings. The molecule has 1 amide bonds. The predicted octanol–water partition coefficient (Wildman–Crippen LogP) is 2.94. The van der Waals surface area contributed by atoms with Crippen LogP contribution in [-0.2, 0) is 9.53 Å². The van der Waals surface area contributed by atoms with E-state index in [2.05, 4.69) is 9.88 Å². The molecule has 0 unspecified atom stereocenters. The minimum Gasteiger partial charge on any atom is -0.379 e. The summed E-state index contributed by atoms with van der Waals surface area (Å²) >= 11 is 7.63. The molecule has 1 aliphatic heterocycles. The normalized spacial score (nSPS) is 16.0. The summed E-state index contributed by atoms with van der Waals surface area (Å²) in [4.78, 5) is 20.8. The highest BCUT2D eigenvalue weighted by atomic mass is 35.5. The number of rotatable bonds is 4. The third-order valence-electron chi connectivity index (χ3n) is 3.99. The second-order valence-electron chi connectivity index (χ2n) is 5.69. The molecule has 0 radical (unpaired) electrons. The standard InChI is InChI=1S/C16H20ClN3O2S/c1-11-9-13(17)10-14-15(11)18-16(23-14)20(12(2)21)4-3-19-5-7-22-8-6-19/h9-10H,3-8H2,1-2H3. The minimum atomic E-state index is 0.0149. The molecule has 0 spiro atoms. The fourth-order valence-corrected chi connectivity index (χ4v) is 4.20. The van der Waals surface area contributed by atoms with E-state index in [1.807, 2.05) is 19.1 Å². The monoisotopic (exact) mass is 353 g/mol. The first kappa shape index (κ1) is 16.6. The highest BCUT2D eigenvalue weighted by Gasteiger charge is 2.19. The van der Waals surface area contributed by atoms with Crippen molar-refractivity contribution in [1.29, 1.82) is 0 Å². The van der Waals surface area contributed by atoms with Crippen molar-refractivity contribution in [3.05, 3.63) is 22.7 Å². The summed E-state index contributed by atoms with van der Waals surface area (Å²) in [5.41, 5.74) is 1.96. The second kappa shape index (κ2) is 7.13. The van der Waals surface area contributed by atoms with E-state index in [1.54, 1.807) is 11.8 Å². The van der Waals surface area contributed by atoms with Gasteiger partial charge < -0.3 is 4.74 Å². The minimum absolute atomic E-state index is 0.0149. The Labute approximate surface area is 144 Å². The molecule has 124 valence electrons. The molecule has 2 heterocycles. The molecule has 5 nitrogen and oxygen atoms in total. The maximum atomic E-state index is 12.1. The number of carbonyl (C=O) groups excluding carboxylic acids is 1. The van der Waals surface area contributed by atoms with E-state index in [0.717, 1.165) is 53.8 Å². The van der Waals surface area contributed by atoms with Crippen LogP contribution in [-0.4, -0.2) is 55.2 Å². The molecular weight excluding hydrogens is 334 g/mol. The number of anilines is 1. The van der Waals surface area contributed by atoms with E-state index in [9.17, 15) is 4.79 Å². The number of thiazole rings is 1. The van der Waals surface area contributed by atoms with Gasteiger partial charge in [-0.05, 0) is 24.6 Å². The average molecular weight is 354 g/mol. The van der Waals surface area contributed by atoms with Gasteiger partial charge in [-0.25, -0.2) is 4.98 Å². The molecule has 0 bridgehead atoms. The molecule has 0 N–H and O–H groups in total. The fourth-order valence-electron chi connectivity index (χ4n) is 2.71. The van der Waals surface area contributed by atoms with Crippen molar-refractivity contribution >= 4 is 44.2 Å². The SMILES string of the molecule is CC(=O)N(CCN1CCOCC1)c1nc2c(C)cc(Cl)cc2s1. The van der Waals surface area contributed by atoms with Crippen LogP contribution in [0, 0.1) is 6.92 Å². The van der Waals surface area contributed by atoms with Crippen molar-refractivity contribution < 1.29 is 9.53 Å². The number of hydrogen-bond acceptors (Lipinski definition) is 5. The lowest BCUT2D eigenvalue weighted by Gasteiger charge is -2.28. The van der Waals surface area contributed by atoms with Crippen LogP contribution in [0.2, 0.25) is 5.02 Å². The largest absolute Gasteiger partial charge is 0.379 e. The zero-order valence-corrected chi connectivity index (χ0v) is 14.9. The summed E-state index contributed by atoms with van der Waals surface area (Å²) in [7, 11) is 0. The molecule has 0 aliphatic carbocycles. The van der Waals surface area contributed by atoms with Crippen molar-refractivity contribution in [3.63, 3.8) is 0 Å². The van der Waals surface area contributed by atoms with E-state index < -0.39 is 0 Å². The van der Waals surface area contributed by atoms with E-state index in [-0.39, 0.29) is 5.91 Å². The van der Waals surface area contributed by atoms with Gasteiger partial charge in [-0.3, -0.25) is 14.6 Å². The van der Waals surface area contributed by atoms with Gasteiger partial charge in [0, 0.05) is 38.1 Å². The van der Waals surface area contributed by atoms with Gasteiger partial charge in [0.1, 0.15) is 0 Å². The van der Waals surface area contributed by atoms with E-state index in [4.69, 9.17) is 16.3 Å². The maximum absolute atomic E-state index is 12.1. The van der Waals surface area contributed by atoms with Gasteiger partial charge in [0.2, 0.25) is 5.91 Å². The van der Waals surface area contributed by atoms with Gasteiger partial charge in [0.05, 0.1) is 23.4 Å². The van der Waals surface area contributed by atoms with Crippen LogP contribution in [0.4, 0.5) is 5.13 Å². The first-order chi connectivity index (χ1) is 11.0. The molecule has 23 heavy (non-hydrogen) atoms. The highest BCUT2D eigenvalue weighted by molar-refractivity contribution is 7.22. The first-order valence-corrected chi connectivity index (χ1v) is 8.89. The second-order valence-corrected chi connectivity index (χ2v) is 7.14. The number of benzene rings is 1. The van der Waals surface area contributed by atoms with Crippen LogP contribution in [0.15, 0.2) is 12.1 Å². The molecule has 1 saturated heterocycles. The Morgan fingerprint density at radius 2 is 2.17 bits per heavy atom. The van der Waals surface area contributed by atoms with Crippen LogP contribution in [0.3, 0.4) is 0 Å². The Morgan fingerprint density at radius 1 is 1.43 bits per heavy atom. The number of nitrogens with zero attached hydrogens (tertiary/aromatic N) is 3. The van der Waals surface area contributed by atoms with Gasteiger partial charge in [-0.15, -0.1) is 0 Å². The Balaban J connectivity index is 1.80. The van der Waals surface area contributed by atoms with Gasteiger partial charge in [0.15, 0.2) is 5.13 Å². The Hall–Kier alpha value is -1.21. The van der Waals surface area contributed by atoms with Crippen molar-refractivity contribution in [2.75, 3.05) is 44.3 Å². The van der Waals surface area contributed by atoms with E-state index in [0.29, 0.717) is 11.6 Å². The Bertz CT molecular complexity index is 713. The topological polar surface area (TPSA) is 45.7 Å². The van der Waals surface area contributed by atoms with E-state index >= 15 is 0 Å². The molecule has 7 heteroatoms. The Kier molecular flexibility index (Phi) is 5.16. The van der Waals surface area contributed by atoms with Gasteiger partial charge in [-0.1, -0.05) is 22.9 Å². The number of morpholine rings is 1. The van der Waals surface area contributed by atoms with Crippen molar-refractivity contribution in [1.82, 2.24) is 9.88 Å². The number of aromatic nitrogens is 1. The highest BCUT2D eigenvalue weighted by Crippen LogP contribution is 2.33. The lowest BCUT2D eigenvalue weighted by atomic mass is 10.2. The third-order valence-corrected chi connectivity index (χ3v) is 5.24. The number of hydrogen-bond donors (Lipinski definition) is 0. The summed E-state index contributed by atoms with van der Waals surface area (Å²) < 4.78 is 6.37. The first-order valence-electron chi connectivity index (χ1n) is 7.69. The smallest absolute Gasteiger partial charge is 0.225 e. The van der Waals surface area contributed by atoms with Crippen molar-refractivity contribution in [2.45, 2.75) is 13.8 Å². The number of halogens is 1. The summed E-state index contributed by atoms with van der Waals surface area (Å²) in [5, 5.41) is 1.44. The van der Waals surface area contributed by atoms with Crippen LogP contribution in [0.25, 0.3) is 10.2 Å². The third kappa shape index (κ3) is 3.83. The molecule has 0 atom stereocenters. The summed E-state index contributed by atoms with van der Waals surface area (Å²) in [6, 6.07) is 3.81. The van der Waals surface area contributed by atoms with Gasteiger partial charge >= 0.3 is 0 Å². The molecular formula is C16H20ClN3O2S. The molecule has 0 saturated carbocycles. The quantitative estimate of drug-likeness (QED) is 0.847. The number of amides is 1.